The Balaban J connectivity index is 2.04. The molecule has 1 saturated heterocycles. The van der Waals surface area contributed by atoms with Crippen molar-refractivity contribution in [2.75, 3.05) is 18.0 Å². The summed E-state index contributed by atoms with van der Waals surface area (Å²) in [5, 5.41) is 0. The van der Waals surface area contributed by atoms with E-state index in [4.69, 9.17) is 0 Å². The van der Waals surface area contributed by atoms with Gasteiger partial charge in [0.05, 0.1) is 0 Å². The monoisotopic (exact) mass is 177 g/mol. The Bertz CT molecular complexity index is 260. The van der Waals surface area contributed by atoms with Crippen LogP contribution in [0.15, 0.2) is 18.6 Å². The zero-order valence-electron chi connectivity index (χ0n) is 7.98. The molecule has 1 fully saturated rings. The first kappa shape index (κ1) is 8.48. The maximum atomic E-state index is 4.24. The number of anilines is 1. The summed E-state index contributed by atoms with van der Waals surface area (Å²) in [5.74, 6) is 1.93. The molecule has 0 spiro atoms. The third-order valence-corrected chi connectivity index (χ3v) is 2.75. The Morgan fingerprint density at radius 3 is 3.15 bits per heavy atom. The fourth-order valence-corrected chi connectivity index (χ4v) is 1.84. The van der Waals surface area contributed by atoms with Gasteiger partial charge in [0, 0.05) is 19.3 Å². The van der Waals surface area contributed by atoms with Crippen LogP contribution >= 0.6 is 0 Å². The first-order chi connectivity index (χ1) is 6.40. The Labute approximate surface area is 78.8 Å². The lowest BCUT2D eigenvalue weighted by atomic mass is 10.1. The molecule has 2 heterocycles. The lowest BCUT2D eigenvalue weighted by molar-refractivity contribution is 0.568. The third-order valence-electron chi connectivity index (χ3n) is 2.75. The van der Waals surface area contributed by atoms with Crippen molar-refractivity contribution in [1.29, 1.82) is 0 Å². The van der Waals surface area contributed by atoms with Crippen LogP contribution in [0.5, 0.6) is 0 Å². The number of aromatic nitrogens is 2. The molecule has 3 heteroatoms. The highest BCUT2D eigenvalue weighted by Gasteiger charge is 2.21. The van der Waals surface area contributed by atoms with Gasteiger partial charge in [0.15, 0.2) is 0 Å². The van der Waals surface area contributed by atoms with Gasteiger partial charge < -0.3 is 4.90 Å². The molecule has 1 aliphatic heterocycles. The van der Waals surface area contributed by atoms with Gasteiger partial charge in [-0.25, -0.2) is 9.97 Å². The van der Waals surface area contributed by atoms with Crippen LogP contribution in [0.1, 0.15) is 19.8 Å². The second-order valence-electron chi connectivity index (χ2n) is 3.58. The van der Waals surface area contributed by atoms with Crippen LogP contribution in [-0.4, -0.2) is 23.1 Å². The van der Waals surface area contributed by atoms with Crippen LogP contribution in [0.4, 0.5) is 5.82 Å². The molecule has 0 N–H and O–H groups in total. The zero-order chi connectivity index (χ0) is 9.10. The largest absolute Gasteiger partial charge is 0.356 e. The summed E-state index contributed by atoms with van der Waals surface area (Å²) in [4.78, 5) is 10.5. The average Bonchev–Trinajstić information content (AvgIpc) is 2.67. The highest BCUT2D eigenvalue weighted by atomic mass is 15.2. The molecule has 70 valence electrons. The van der Waals surface area contributed by atoms with Gasteiger partial charge >= 0.3 is 0 Å². The summed E-state index contributed by atoms with van der Waals surface area (Å²) in [6.07, 6.45) is 6.01. The van der Waals surface area contributed by atoms with Crippen molar-refractivity contribution in [3.05, 3.63) is 18.6 Å². The average molecular weight is 177 g/mol. The van der Waals surface area contributed by atoms with Gasteiger partial charge in [-0.05, 0) is 18.4 Å². The third kappa shape index (κ3) is 1.79. The van der Waals surface area contributed by atoms with E-state index in [0.29, 0.717) is 0 Å². The molecular weight excluding hydrogens is 162 g/mol. The molecule has 1 aromatic heterocycles. The van der Waals surface area contributed by atoms with Crippen molar-refractivity contribution in [2.24, 2.45) is 5.92 Å². The van der Waals surface area contributed by atoms with Gasteiger partial charge in [-0.3, -0.25) is 0 Å². The fourth-order valence-electron chi connectivity index (χ4n) is 1.84. The lowest BCUT2D eigenvalue weighted by Gasteiger charge is -2.16. The number of nitrogens with zero attached hydrogens (tertiary/aromatic N) is 3. The van der Waals surface area contributed by atoms with Gasteiger partial charge in [-0.15, -0.1) is 0 Å². The summed E-state index contributed by atoms with van der Waals surface area (Å²) in [6.45, 7) is 4.57. The van der Waals surface area contributed by atoms with Crippen LogP contribution in [0.2, 0.25) is 0 Å². The van der Waals surface area contributed by atoms with E-state index in [1.807, 2.05) is 12.3 Å². The highest BCUT2D eigenvalue weighted by molar-refractivity contribution is 5.37. The zero-order valence-corrected chi connectivity index (χ0v) is 7.98. The number of hydrogen-bond acceptors (Lipinski definition) is 3. The van der Waals surface area contributed by atoms with Gasteiger partial charge in [0.1, 0.15) is 12.1 Å². The summed E-state index contributed by atoms with van der Waals surface area (Å²) in [5.41, 5.74) is 0. The van der Waals surface area contributed by atoms with Crippen LogP contribution in [0.25, 0.3) is 0 Å². The second-order valence-corrected chi connectivity index (χ2v) is 3.58. The molecule has 0 saturated carbocycles. The van der Waals surface area contributed by atoms with Gasteiger partial charge in [-0.1, -0.05) is 13.3 Å². The van der Waals surface area contributed by atoms with Crippen LogP contribution in [0.3, 0.4) is 0 Å². The molecule has 0 aromatic carbocycles. The number of rotatable bonds is 2. The summed E-state index contributed by atoms with van der Waals surface area (Å²) < 4.78 is 0. The first-order valence-corrected chi connectivity index (χ1v) is 4.91. The normalized spacial score (nSPS) is 22.2. The highest BCUT2D eigenvalue weighted by Crippen LogP contribution is 2.22. The molecule has 0 unspecified atom stereocenters. The van der Waals surface area contributed by atoms with Crippen LogP contribution in [0, 0.1) is 5.92 Å². The lowest BCUT2D eigenvalue weighted by Crippen LogP contribution is -2.20. The Hall–Kier alpha value is -1.12. The molecule has 0 amide bonds. The van der Waals surface area contributed by atoms with Crippen molar-refractivity contribution in [3.63, 3.8) is 0 Å². The van der Waals surface area contributed by atoms with E-state index in [0.717, 1.165) is 24.8 Å². The topological polar surface area (TPSA) is 29.0 Å². The quantitative estimate of drug-likeness (QED) is 0.688. The van der Waals surface area contributed by atoms with E-state index in [9.17, 15) is 0 Å². The Morgan fingerprint density at radius 1 is 1.62 bits per heavy atom. The van der Waals surface area contributed by atoms with Crippen molar-refractivity contribution in [2.45, 2.75) is 19.8 Å². The van der Waals surface area contributed by atoms with E-state index >= 15 is 0 Å². The second kappa shape index (κ2) is 3.73. The minimum Gasteiger partial charge on any atom is -0.356 e. The molecule has 1 aliphatic rings. The molecular formula is C10H15N3. The molecule has 3 nitrogen and oxygen atoms in total. The fraction of sp³-hybridized carbons (Fsp3) is 0.600. The number of hydrogen-bond donors (Lipinski definition) is 0. The van der Waals surface area contributed by atoms with E-state index in [1.165, 1.54) is 12.8 Å². The van der Waals surface area contributed by atoms with Crippen molar-refractivity contribution in [3.8, 4) is 0 Å². The predicted octanol–water partition coefficient (Wildman–Crippen LogP) is 1.71. The maximum Gasteiger partial charge on any atom is 0.131 e. The molecule has 0 bridgehead atoms. The Kier molecular flexibility index (Phi) is 2.43. The first-order valence-electron chi connectivity index (χ1n) is 4.91. The van der Waals surface area contributed by atoms with Crippen LogP contribution in [-0.2, 0) is 0 Å². The van der Waals surface area contributed by atoms with Gasteiger partial charge in [-0.2, -0.15) is 0 Å². The molecule has 13 heavy (non-hydrogen) atoms. The van der Waals surface area contributed by atoms with E-state index < -0.39 is 0 Å². The van der Waals surface area contributed by atoms with Gasteiger partial charge in [0.2, 0.25) is 0 Å². The van der Waals surface area contributed by atoms with Gasteiger partial charge in [0.25, 0.3) is 0 Å². The van der Waals surface area contributed by atoms with Crippen LogP contribution < -0.4 is 4.90 Å². The minimum absolute atomic E-state index is 0.856. The van der Waals surface area contributed by atoms with E-state index in [2.05, 4.69) is 21.8 Å². The standard InChI is InChI=1S/C10H15N3/c1-2-9-4-6-13(7-9)10-3-5-11-8-12-10/h3,5,8-9H,2,4,6-7H2,1H3/t9-/m1/s1. The molecule has 0 radical (unpaired) electrons. The molecule has 2 rings (SSSR count). The maximum absolute atomic E-state index is 4.24. The minimum atomic E-state index is 0.856. The summed E-state index contributed by atoms with van der Waals surface area (Å²) in [7, 11) is 0. The van der Waals surface area contributed by atoms with Crippen molar-refractivity contribution >= 4 is 5.82 Å². The SMILES string of the molecule is CC[C@@H]1CCN(c2ccncn2)C1. The summed E-state index contributed by atoms with van der Waals surface area (Å²) >= 11 is 0. The predicted molar refractivity (Wildman–Crippen MR) is 52.6 cm³/mol. The van der Waals surface area contributed by atoms with Crippen molar-refractivity contribution < 1.29 is 0 Å². The molecule has 1 atom stereocenters. The van der Waals surface area contributed by atoms with E-state index in [-0.39, 0.29) is 0 Å². The van der Waals surface area contributed by atoms with Crippen molar-refractivity contribution in [1.82, 2.24) is 9.97 Å². The van der Waals surface area contributed by atoms with E-state index in [1.54, 1.807) is 6.33 Å². The summed E-state index contributed by atoms with van der Waals surface area (Å²) in [6, 6.07) is 1.98. The molecule has 1 aromatic rings. The Morgan fingerprint density at radius 2 is 2.54 bits per heavy atom. The molecule has 0 aliphatic carbocycles. The smallest absolute Gasteiger partial charge is 0.131 e.